The molecule has 1 fully saturated rings. The van der Waals surface area contributed by atoms with E-state index in [2.05, 4.69) is 20.5 Å². The first kappa shape index (κ1) is 18.5. The predicted octanol–water partition coefficient (Wildman–Crippen LogP) is 2.42. The topological polar surface area (TPSA) is 94.2 Å². The van der Waals surface area contributed by atoms with Crippen LogP contribution < -0.4 is 10.2 Å². The number of hydrogen-bond donors (Lipinski definition) is 2. The Balaban J connectivity index is 1.61. The van der Waals surface area contributed by atoms with Crippen LogP contribution in [0.4, 0.5) is 11.5 Å². The molecule has 8 nitrogen and oxygen atoms in total. The van der Waals surface area contributed by atoms with Crippen LogP contribution in [0.25, 0.3) is 0 Å². The number of carbonyl (C=O) groups is 2. The van der Waals surface area contributed by atoms with Crippen molar-refractivity contribution < 1.29 is 9.59 Å². The van der Waals surface area contributed by atoms with E-state index in [1.807, 2.05) is 20.8 Å². The molecular formula is C20H26N6O2. The van der Waals surface area contributed by atoms with Gasteiger partial charge < -0.3 is 15.1 Å². The van der Waals surface area contributed by atoms with Crippen LogP contribution in [0.1, 0.15) is 53.1 Å². The molecule has 0 aromatic carbocycles. The summed E-state index contributed by atoms with van der Waals surface area (Å²) < 4.78 is 0. The van der Waals surface area contributed by atoms with Crippen molar-refractivity contribution in [3.8, 4) is 0 Å². The van der Waals surface area contributed by atoms with E-state index < -0.39 is 0 Å². The average molecular weight is 382 g/mol. The minimum absolute atomic E-state index is 0.0252. The third kappa shape index (κ3) is 3.23. The van der Waals surface area contributed by atoms with E-state index in [1.165, 1.54) is 0 Å². The van der Waals surface area contributed by atoms with Crippen molar-refractivity contribution in [3.05, 3.63) is 34.8 Å². The van der Waals surface area contributed by atoms with E-state index in [0.717, 1.165) is 29.8 Å². The van der Waals surface area contributed by atoms with Crippen molar-refractivity contribution in [2.75, 3.05) is 30.4 Å². The summed E-state index contributed by atoms with van der Waals surface area (Å²) in [5, 5.41) is 10.3. The molecule has 0 saturated heterocycles. The molecule has 2 aliphatic rings. The monoisotopic (exact) mass is 382 g/mol. The van der Waals surface area contributed by atoms with Crippen molar-refractivity contribution in [2.45, 2.75) is 39.7 Å². The first-order valence-electron chi connectivity index (χ1n) is 9.69. The van der Waals surface area contributed by atoms with Crippen molar-refractivity contribution in [2.24, 2.45) is 5.92 Å². The lowest BCUT2D eigenvalue weighted by Gasteiger charge is -2.30. The lowest BCUT2D eigenvalue weighted by Crippen LogP contribution is -2.41. The summed E-state index contributed by atoms with van der Waals surface area (Å²) in [6.07, 6.45) is 3.89. The molecule has 1 unspecified atom stereocenters. The lowest BCUT2D eigenvalue weighted by atomic mass is 10.0. The predicted molar refractivity (Wildman–Crippen MR) is 106 cm³/mol. The molecule has 148 valence electrons. The quantitative estimate of drug-likeness (QED) is 0.828. The number of hydrogen-bond acceptors (Lipinski definition) is 5. The molecule has 28 heavy (non-hydrogen) atoms. The fraction of sp³-hybridized carbons (Fsp3) is 0.500. The van der Waals surface area contributed by atoms with Crippen LogP contribution >= 0.6 is 0 Å². The molecule has 0 spiro atoms. The minimum Gasteiger partial charge on any atom is -0.359 e. The molecule has 0 radical (unpaired) electrons. The van der Waals surface area contributed by atoms with Crippen LogP contribution in [-0.4, -0.2) is 52.0 Å². The Bertz CT molecular complexity index is 913. The van der Waals surface area contributed by atoms with E-state index in [0.29, 0.717) is 29.5 Å². The van der Waals surface area contributed by atoms with Crippen molar-refractivity contribution in [1.82, 2.24) is 20.1 Å². The summed E-state index contributed by atoms with van der Waals surface area (Å²) in [6.45, 7) is 6.82. The second kappa shape index (κ2) is 6.92. The molecule has 2 N–H and O–H groups in total. The number of anilines is 2. The van der Waals surface area contributed by atoms with Gasteiger partial charge in [0.2, 0.25) is 5.91 Å². The van der Waals surface area contributed by atoms with E-state index in [1.54, 1.807) is 29.1 Å². The summed E-state index contributed by atoms with van der Waals surface area (Å²) in [5.41, 5.74) is 4.04. The highest BCUT2D eigenvalue weighted by Crippen LogP contribution is 2.35. The zero-order valence-electron chi connectivity index (χ0n) is 16.7. The number of fused-ring (bicyclic) bond motifs is 1. The molecular weight excluding hydrogens is 356 g/mol. The number of rotatable bonds is 5. The normalized spacial score (nSPS) is 17.1. The molecule has 2 amide bonds. The number of carbonyl (C=O) groups excluding carboxylic acids is 2. The molecule has 1 atom stereocenters. The number of aromatic nitrogens is 3. The highest BCUT2D eigenvalue weighted by atomic mass is 16.2. The van der Waals surface area contributed by atoms with E-state index >= 15 is 0 Å². The summed E-state index contributed by atoms with van der Waals surface area (Å²) in [5.74, 6) is 1.11. The molecule has 2 aromatic rings. The van der Waals surface area contributed by atoms with Crippen LogP contribution in [0.15, 0.2) is 12.3 Å². The van der Waals surface area contributed by atoms with Gasteiger partial charge in [0.1, 0.15) is 5.82 Å². The highest BCUT2D eigenvalue weighted by Gasteiger charge is 2.32. The first-order chi connectivity index (χ1) is 13.4. The number of pyridine rings is 1. The van der Waals surface area contributed by atoms with Crippen molar-refractivity contribution in [1.29, 1.82) is 0 Å². The Kier molecular flexibility index (Phi) is 4.56. The van der Waals surface area contributed by atoms with Crippen LogP contribution in [0.3, 0.4) is 0 Å². The summed E-state index contributed by atoms with van der Waals surface area (Å²) in [7, 11) is 1.78. The first-order valence-corrected chi connectivity index (χ1v) is 9.69. The molecule has 4 rings (SSSR count). The lowest BCUT2D eigenvalue weighted by molar-refractivity contribution is -0.117. The van der Waals surface area contributed by atoms with Gasteiger partial charge in [0.25, 0.3) is 5.91 Å². The van der Waals surface area contributed by atoms with Crippen LogP contribution in [-0.2, 0) is 4.79 Å². The van der Waals surface area contributed by atoms with Gasteiger partial charge in [-0.3, -0.25) is 14.7 Å². The summed E-state index contributed by atoms with van der Waals surface area (Å²) in [6, 6.07) is 1.65. The third-order valence-corrected chi connectivity index (χ3v) is 5.76. The smallest absolute Gasteiger partial charge is 0.255 e. The fourth-order valence-corrected chi connectivity index (χ4v) is 3.81. The van der Waals surface area contributed by atoms with Crippen LogP contribution in [0, 0.1) is 19.8 Å². The Morgan fingerprint density at radius 1 is 1.39 bits per heavy atom. The maximum atomic E-state index is 13.1. The Morgan fingerprint density at radius 3 is 2.79 bits per heavy atom. The summed E-state index contributed by atoms with van der Waals surface area (Å²) in [4.78, 5) is 33.4. The van der Waals surface area contributed by atoms with Gasteiger partial charge in [-0.25, -0.2) is 4.98 Å². The zero-order chi connectivity index (χ0) is 20.0. The largest absolute Gasteiger partial charge is 0.359 e. The van der Waals surface area contributed by atoms with Gasteiger partial charge in [0.05, 0.1) is 29.5 Å². The SMILES string of the molecule is Cc1n[nH]c(C)c1C(C)N(C)C(=O)c1cnc2c(c1)N(CC1CC1)C(=O)CN2. The van der Waals surface area contributed by atoms with Gasteiger partial charge in [-0.1, -0.05) is 0 Å². The second-order valence-corrected chi connectivity index (χ2v) is 7.83. The van der Waals surface area contributed by atoms with Gasteiger partial charge in [0.15, 0.2) is 0 Å². The Labute approximate surface area is 164 Å². The highest BCUT2D eigenvalue weighted by molar-refractivity contribution is 6.04. The number of H-pyrrole nitrogens is 1. The Hall–Kier alpha value is -2.90. The Morgan fingerprint density at radius 2 is 2.14 bits per heavy atom. The molecule has 1 aliphatic heterocycles. The number of nitrogens with zero attached hydrogens (tertiary/aromatic N) is 4. The van der Waals surface area contributed by atoms with Gasteiger partial charge in [-0.2, -0.15) is 5.10 Å². The van der Waals surface area contributed by atoms with Crippen LogP contribution in [0.5, 0.6) is 0 Å². The zero-order valence-corrected chi connectivity index (χ0v) is 16.7. The maximum absolute atomic E-state index is 13.1. The molecule has 8 heteroatoms. The number of nitrogens with one attached hydrogen (secondary N) is 2. The molecule has 3 heterocycles. The molecule has 0 bridgehead atoms. The second-order valence-electron chi connectivity index (χ2n) is 7.83. The van der Waals surface area contributed by atoms with Crippen molar-refractivity contribution >= 4 is 23.3 Å². The molecule has 2 aromatic heterocycles. The summed E-state index contributed by atoms with van der Waals surface area (Å²) >= 11 is 0. The van der Waals surface area contributed by atoms with Crippen molar-refractivity contribution in [3.63, 3.8) is 0 Å². The van der Waals surface area contributed by atoms with Gasteiger partial charge >= 0.3 is 0 Å². The third-order valence-electron chi connectivity index (χ3n) is 5.76. The number of aryl methyl sites for hydroxylation is 2. The minimum atomic E-state index is -0.135. The van der Waals surface area contributed by atoms with Crippen LogP contribution in [0.2, 0.25) is 0 Å². The number of amides is 2. The maximum Gasteiger partial charge on any atom is 0.255 e. The van der Waals surface area contributed by atoms with E-state index in [-0.39, 0.29) is 24.4 Å². The number of aromatic amines is 1. The average Bonchev–Trinajstić information content (AvgIpc) is 3.45. The molecule has 1 saturated carbocycles. The molecule has 1 aliphatic carbocycles. The standard InChI is InChI=1S/C20H26N6O2/c1-11-18(12(2)24-23-11)13(3)25(4)20(28)15-7-16-19(21-8-15)22-9-17(27)26(16)10-14-5-6-14/h7-8,13-14H,5-6,9-10H2,1-4H3,(H,21,22)(H,23,24). The van der Waals surface area contributed by atoms with E-state index in [9.17, 15) is 9.59 Å². The van der Waals surface area contributed by atoms with Gasteiger partial charge in [-0.15, -0.1) is 0 Å². The fourth-order valence-electron chi connectivity index (χ4n) is 3.81. The van der Waals surface area contributed by atoms with E-state index in [4.69, 9.17) is 0 Å². The van der Waals surface area contributed by atoms with Gasteiger partial charge in [0, 0.05) is 31.0 Å². The van der Waals surface area contributed by atoms with Gasteiger partial charge in [-0.05, 0) is 45.6 Å².